The maximum Gasteiger partial charge on any atom is 0.255 e. The van der Waals surface area contributed by atoms with Crippen LogP contribution in [0.5, 0.6) is 0 Å². The second-order valence-corrected chi connectivity index (χ2v) is 4.65. The highest BCUT2D eigenvalue weighted by Crippen LogP contribution is 2.34. The van der Waals surface area contributed by atoms with E-state index in [1.54, 1.807) is 14.0 Å². The van der Waals surface area contributed by atoms with Gasteiger partial charge in [0, 0.05) is 7.11 Å². The minimum Gasteiger partial charge on any atom is -0.384 e. The van der Waals surface area contributed by atoms with Gasteiger partial charge in [-0.2, -0.15) is 4.98 Å². The zero-order valence-electron chi connectivity index (χ0n) is 9.81. The van der Waals surface area contributed by atoms with Crippen LogP contribution in [0.3, 0.4) is 0 Å². The van der Waals surface area contributed by atoms with E-state index in [1.165, 1.54) is 0 Å². The molecule has 5 nitrogen and oxygen atoms in total. The summed E-state index contributed by atoms with van der Waals surface area (Å²) in [6.07, 6.45) is -0.988. The van der Waals surface area contributed by atoms with Crippen molar-refractivity contribution in [2.45, 2.75) is 39.9 Å². The SMILES string of the molecule is COC(c1noc(C(C)O)n1)C(C)(C)C. The van der Waals surface area contributed by atoms with Crippen molar-refractivity contribution in [1.82, 2.24) is 10.1 Å². The average molecular weight is 214 g/mol. The van der Waals surface area contributed by atoms with E-state index in [-0.39, 0.29) is 17.4 Å². The van der Waals surface area contributed by atoms with E-state index in [0.29, 0.717) is 5.82 Å². The van der Waals surface area contributed by atoms with Crippen molar-refractivity contribution < 1.29 is 14.4 Å². The smallest absolute Gasteiger partial charge is 0.255 e. The van der Waals surface area contributed by atoms with Crippen LogP contribution in [0.1, 0.15) is 51.6 Å². The van der Waals surface area contributed by atoms with Crippen LogP contribution in [0.2, 0.25) is 0 Å². The summed E-state index contributed by atoms with van der Waals surface area (Å²) in [5.74, 6) is 0.692. The lowest BCUT2D eigenvalue weighted by molar-refractivity contribution is 0.00718. The van der Waals surface area contributed by atoms with Crippen LogP contribution in [0.4, 0.5) is 0 Å². The Hall–Kier alpha value is -0.940. The minimum atomic E-state index is -0.747. The van der Waals surface area contributed by atoms with Crippen LogP contribution in [0.25, 0.3) is 0 Å². The molecule has 0 saturated carbocycles. The molecule has 1 N–H and O–H groups in total. The maximum atomic E-state index is 9.26. The molecule has 0 saturated heterocycles. The average Bonchev–Trinajstić information content (AvgIpc) is 2.51. The van der Waals surface area contributed by atoms with Crippen molar-refractivity contribution in [3.8, 4) is 0 Å². The van der Waals surface area contributed by atoms with E-state index < -0.39 is 6.10 Å². The van der Waals surface area contributed by atoms with E-state index in [1.807, 2.05) is 20.8 Å². The molecule has 15 heavy (non-hydrogen) atoms. The van der Waals surface area contributed by atoms with E-state index in [9.17, 15) is 5.11 Å². The topological polar surface area (TPSA) is 68.4 Å². The normalized spacial score (nSPS) is 16.4. The first-order valence-electron chi connectivity index (χ1n) is 4.90. The number of methoxy groups -OCH3 is 1. The molecule has 0 fully saturated rings. The van der Waals surface area contributed by atoms with Crippen molar-refractivity contribution in [2.24, 2.45) is 5.41 Å². The highest BCUT2D eigenvalue weighted by molar-refractivity contribution is 4.97. The summed E-state index contributed by atoms with van der Waals surface area (Å²) in [6, 6.07) is 0. The van der Waals surface area contributed by atoms with E-state index >= 15 is 0 Å². The van der Waals surface area contributed by atoms with Gasteiger partial charge < -0.3 is 14.4 Å². The van der Waals surface area contributed by atoms with Gasteiger partial charge in [0.25, 0.3) is 5.89 Å². The number of aliphatic hydroxyl groups is 1. The molecule has 2 unspecified atom stereocenters. The Morgan fingerprint density at radius 2 is 2.00 bits per heavy atom. The Morgan fingerprint density at radius 1 is 1.40 bits per heavy atom. The minimum absolute atomic E-state index is 0.116. The predicted octanol–water partition coefficient (Wildman–Crippen LogP) is 1.86. The van der Waals surface area contributed by atoms with Crippen molar-refractivity contribution in [3.63, 3.8) is 0 Å². The summed E-state index contributed by atoms with van der Waals surface area (Å²) in [6.45, 7) is 7.66. The predicted molar refractivity (Wildman–Crippen MR) is 54.1 cm³/mol. The number of nitrogens with zero attached hydrogens (tertiary/aromatic N) is 2. The monoisotopic (exact) mass is 214 g/mol. The molecule has 1 rings (SSSR count). The van der Waals surface area contributed by atoms with E-state index in [4.69, 9.17) is 9.26 Å². The van der Waals surface area contributed by atoms with Gasteiger partial charge in [0.15, 0.2) is 0 Å². The number of aliphatic hydroxyl groups excluding tert-OH is 1. The molecule has 1 aromatic heterocycles. The van der Waals surface area contributed by atoms with Crippen LogP contribution >= 0.6 is 0 Å². The van der Waals surface area contributed by atoms with Crippen LogP contribution < -0.4 is 0 Å². The molecule has 2 atom stereocenters. The maximum absolute atomic E-state index is 9.26. The highest BCUT2D eigenvalue weighted by Gasteiger charge is 2.30. The quantitative estimate of drug-likeness (QED) is 0.831. The summed E-state index contributed by atoms with van der Waals surface area (Å²) >= 11 is 0. The second-order valence-electron chi connectivity index (χ2n) is 4.65. The van der Waals surface area contributed by atoms with Crippen LogP contribution in [-0.2, 0) is 4.74 Å². The summed E-state index contributed by atoms with van der Waals surface area (Å²) < 4.78 is 10.2. The molecule has 0 spiro atoms. The summed E-state index contributed by atoms with van der Waals surface area (Å²) in [5.41, 5.74) is -0.116. The molecular formula is C10H18N2O3. The lowest BCUT2D eigenvalue weighted by Crippen LogP contribution is -2.21. The summed E-state index contributed by atoms with van der Waals surface area (Å²) in [4.78, 5) is 4.09. The molecule has 0 amide bonds. The lowest BCUT2D eigenvalue weighted by Gasteiger charge is -2.26. The van der Waals surface area contributed by atoms with Gasteiger partial charge in [-0.15, -0.1) is 0 Å². The molecule has 1 aromatic rings. The third kappa shape index (κ3) is 2.76. The van der Waals surface area contributed by atoms with Gasteiger partial charge in [-0.3, -0.25) is 0 Å². The lowest BCUT2D eigenvalue weighted by atomic mass is 9.88. The first kappa shape index (κ1) is 12.1. The zero-order chi connectivity index (χ0) is 11.6. The molecular weight excluding hydrogens is 196 g/mol. The first-order valence-corrected chi connectivity index (χ1v) is 4.90. The number of hydrogen-bond donors (Lipinski definition) is 1. The van der Waals surface area contributed by atoms with Crippen LogP contribution in [-0.4, -0.2) is 22.4 Å². The van der Waals surface area contributed by atoms with Gasteiger partial charge in [-0.25, -0.2) is 0 Å². The largest absolute Gasteiger partial charge is 0.384 e. The summed E-state index contributed by atoms with van der Waals surface area (Å²) in [5, 5.41) is 13.1. The van der Waals surface area contributed by atoms with Crippen LogP contribution in [0.15, 0.2) is 4.52 Å². The zero-order valence-corrected chi connectivity index (χ0v) is 9.81. The van der Waals surface area contributed by atoms with Gasteiger partial charge in [0.05, 0.1) is 0 Å². The first-order chi connectivity index (χ1) is 6.86. The highest BCUT2D eigenvalue weighted by atomic mass is 16.5. The van der Waals surface area contributed by atoms with Crippen molar-refractivity contribution in [1.29, 1.82) is 0 Å². The fraction of sp³-hybridized carbons (Fsp3) is 0.800. The Bertz CT molecular complexity index is 315. The Labute approximate surface area is 89.4 Å². The number of ether oxygens (including phenoxy) is 1. The number of rotatable bonds is 3. The third-order valence-corrected chi connectivity index (χ3v) is 2.07. The van der Waals surface area contributed by atoms with Crippen LogP contribution in [0, 0.1) is 5.41 Å². The van der Waals surface area contributed by atoms with Crippen molar-refractivity contribution >= 4 is 0 Å². The van der Waals surface area contributed by atoms with Gasteiger partial charge in [-0.05, 0) is 12.3 Å². The van der Waals surface area contributed by atoms with Crippen molar-refractivity contribution in [3.05, 3.63) is 11.7 Å². The molecule has 0 aliphatic rings. The standard InChI is InChI=1S/C10H18N2O3/c1-6(13)9-11-8(12-15-9)7(14-5)10(2,3)4/h6-7,13H,1-5H3. The number of aromatic nitrogens is 2. The van der Waals surface area contributed by atoms with Gasteiger partial charge >= 0.3 is 0 Å². The fourth-order valence-electron chi connectivity index (χ4n) is 1.37. The molecule has 5 heteroatoms. The van der Waals surface area contributed by atoms with E-state index in [0.717, 1.165) is 0 Å². The van der Waals surface area contributed by atoms with Gasteiger partial charge in [-0.1, -0.05) is 25.9 Å². The third-order valence-electron chi connectivity index (χ3n) is 2.07. The Balaban J connectivity index is 2.93. The van der Waals surface area contributed by atoms with Gasteiger partial charge in [0.2, 0.25) is 5.82 Å². The molecule has 0 aliphatic heterocycles. The molecule has 0 radical (unpaired) electrons. The second kappa shape index (κ2) is 4.28. The van der Waals surface area contributed by atoms with Crippen molar-refractivity contribution in [2.75, 3.05) is 7.11 Å². The fourth-order valence-corrected chi connectivity index (χ4v) is 1.37. The molecule has 86 valence electrons. The molecule has 0 bridgehead atoms. The van der Waals surface area contributed by atoms with E-state index in [2.05, 4.69) is 10.1 Å². The molecule has 0 aliphatic carbocycles. The molecule has 0 aromatic carbocycles. The van der Waals surface area contributed by atoms with Gasteiger partial charge in [0.1, 0.15) is 12.2 Å². The molecule has 1 heterocycles. The summed E-state index contributed by atoms with van der Waals surface area (Å²) in [7, 11) is 1.61. The Kier molecular flexibility index (Phi) is 3.46. The Morgan fingerprint density at radius 3 is 2.33 bits per heavy atom. The number of hydrogen-bond acceptors (Lipinski definition) is 5.